The molecule has 0 unspecified atom stereocenters. The highest BCUT2D eigenvalue weighted by Crippen LogP contribution is 2.62. The Bertz CT molecular complexity index is 1750. The number of aliphatic hydroxyl groups is 2. The average Bonchev–Trinajstić information content (AvgIpc) is 4.00. The number of nitro benzene ring substituents is 1. The van der Waals surface area contributed by atoms with Crippen molar-refractivity contribution in [2.24, 2.45) is 28.8 Å². The first-order chi connectivity index (χ1) is 25.9. The van der Waals surface area contributed by atoms with Crippen LogP contribution in [0.5, 0.6) is 17.2 Å². The second kappa shape index (κ2) is 16.6. The van der Waals surface area contributed by atoms with Crippen molar-refractivity contribution in [1.29, 1.82) is 0 Å². The van der Waals surface area contributed by atoms with Crippen LogP contribution in [0.25, 0.3) is 0 Å². The molecular weight excluding hydrogens is 690 g/mol. The molecule has 0 radical (unpaired) electrons. The SMILES string of the molecule is C=CCO[C@@]12Oc3ccc(Oc4cccc([N+](=O)[O-])c4)cc3[C@H]3[C@H](CCCCO)[C@@H](CCCCO)C=C(C(=NOC(C)(C)C)C[C@@H]1N(C)C(=O)C1CC1)[C@H]32. The minimum atomic E-state index is -1.31. The van der Waals surface area contributed by atoms with E-state index in [0.717, 1.165) is 55.4 Å². The molecule has 3 aliphatic carbocycles. The van der Waals surface area contributed by atoms with E-state index in [9.17, 15) is 25.1 Å². The van der Waals surface area contributed by atoms with E-state index in [1.807, 2.05) is 40.0 Å². The van der Waals surface area contributed by atoms with Gasteiger partial charge in [-0.2, -0.15) is 0 Å². The summed E-state index contributed by atoms with van der Waals surface area (Å²) < 4.78 is 20.4. The number of aliphatic hydroxyl groups excluding tert-OH is 2. The lowest BCUT2D eigenvalue weighted by molar-refractivity contribution is -0.384. The van der Waals surface area contributed by atoms with Crippen LogP contribution in [0.2, 0.25) is 0 Å². The first kappa shape index (κ1) is 39.4. The molecule has 54 heavy (non-hydrogen) atoms. The molecule has 2 saturated carbocycles. The summed E-state index contributed by atoms with van der Waals surface area (Å²) in [7, 11) is 1.84. The Balaban J connectivity index is 1.56. The lowest BCUT2D eigenvalue weighted by Gasteiger charge is -2.59. The maximum absolute atomic E-state index is 13.9. The van der Waals surface area contributed by atoms with Crippen LogP contribution in [0.1, 0.15) is 90.0 Å². The fourth-order valence-electron chi connectivity index (χ4n) is 8.55. The summed E-state index contributed by atoms with van der Waals surface area (Å²) in [4.78, 5) is 33.0. The van der Waals surface area contributed by atoms with E-state index >= 15 is 0 Å². The monoisotopic (exact) mass is 745 g/mol. The number of amides is 1. The van der Waals surface area contributed by atoms with E-state index in [1.165, 1.54) is 12.1 Å². The Hall–Kier alpha value is -4.26. The molecule has 1 amide bonds. The van der Waals surface area contributed by atoms with E-state index in [0.29, 0.717) is 36.5 Å². The van der Waals surface area contributed by atoms with Crippen molar-refractivity contribution in [2.45, 2.75) is 102 Å². The normalized spacial score (nSPS) is 26.5. The van der Waals surface area contributed by atoms with E-state index < -0.39 is 28.3 Å². The van der Waals surface area contributed by atoms with Gasteiger partial charge >= 0.3 is 0 Å². The van der Waals surface area contributed by atoms with Gasteiger partial charge in [-0.05, 0) is 101 Å². The molecule has 4 aliphatic rings. The fourth-order valence-corrected chi connectivity index (χ4v) is 8.55. The standard InChI is InChI=1S/C42H55N3O9/c1-6-22-51-42-37(44(5)40(48)27-16-17-27)26-35(43-54-41(2,3)4)33-23-28(12-7-9-20-46)32(15-8-10-21-47)38(39(33)42)34-25-31(18-19-36(34)53-42)52-30-14-11-13-29(24-30)45(49)50/h6,11,13-14,18-19,23-25,27-28,32,37-39,46-47H,1,7-10,12,15-17,20-22,26H2,2-5H3/t28-,32+,37-,38+,39+,42+/m0/s1. The first-order valence-corrected chi connectivity index (χ1v) is 19.4. The Morgan fingerprint density at radius 1 is 1.09 bits per heavy atom. The first-order valence-electron chi connectivity index (χ1n) is 19.4. The summed E-state index contributed by atoms with van der Waals surface area (Å²) in [5.74, 6) is -0.364. The lowest BCUT2D eigenvalue weighted by Crippen LogP contribution is -2.69. The number of unbranched alkanes of at least 4 members (excludes halogenated alkanes) is 2. The highest BCUT2D eigenvalue weighted by molar-refractivity contribution is 6.03. The van der Waals surface area contributed by atoms with Crippen LogP contribution < -0.4 is 9.47 Å². The van der Waals surface area contributed by atoms with E-state index in [4.69, 9.17) is 24.2 Å². The molecule has 0 saturated heterocycles. The number of carbonyl (C=O) groups excluding carboxylic acids is 1. The summed E-state index contributed by atoms with van der Waals surface area (Å²) in [5, 5.41) is 36.0. The Kier molecular flexibility index (Phi) is 12.1. The van der Waals surface area contributed by atoms with Gasteiger partial charge < -0.3 is 34.2 Å². The number of ether oxygens (including phenoxy) is 3. The fraction of sp³-hybridized carbons (Fsp3) is 0.571. The smallest absolute Gasteiger partial charge is 0.273 e. The molecule has 6 atom stereocenters. The molecule has 1 heterocycles. The van der Waals surface area contributed by atoms with Gasteiger partial charge in [-0.3, -0.25) is 14.9 Å². The molecule has 2 fully saturated rings. The van der Waals surface area contributed by atoms with Gasteiger partial charge in [0.25, 0.3) is 5.69 Å². The van der Waals surface area contributed by atoms with Gasteiger partial charge in [-0.25, -0.2) is 0 Å². The molecule has 292 valence electrons. The average molecular weight is 746 g/mol. The predicted octanol–water partition coefficient (Wildman–Crippen LogP) is 7.69. The molecule has 2 N–H and O–H groups in total. The van der Waals surface area contributed by atoms with Crippen molar-refractivity contribution in [3.8, 4) is 17.2 Å². The molecule has 12 heteroatoms. The van der Waals surface area contributed by atoms with Crippen molar-refractivity contribution < 1.29 is 39.0 Å². The number of hydrogen-bond acceptors (Lipinski definition) is 10. The molecular formula is C42H55N3O9. The van der Waals surface area contributed by atoms with Gasteiger partial charge in [-0.1, -0.05) is 36.2 Å². The van der Waals surface area contributed by atoms with Crippen LogP contribution in [0, 0.1) is 33.8 Å². The van der Waals surface area contributed by atoms with Gasteiger partial charge in [0.1, 0.15) is 28.9 Å². The largest absolute Gasteiger partial charge is 0.459 e. The van der Waals surface area contributed by atoms with Crippen molar-refractivity contribution in [1.82, 2.24) is 4.90 Å². The third-order valence-corrected chi connectivity index (χ3v) is 11.1. The highest BCUT2D eigenvalue weighted by Gasteiger charge is 2.65. The van der Waals surface area contributed by atoms with Gasteiger partial charge in [0, 0.05) is 50.1 Å². The Morgan fingerprint density at radius 2 is 1.81 bits per heavy atom. The van der Waals surface area contributed by atoms with Gasteiger partial charge in [0.15, 0.2) is 0 Å². The summed E-state index contributed by atoms with van der Waals surface area (Å²) >= 11 is 0. The minimum Gasteiger partial charge on any atom is -0.459 e. The van der Waals surface area contributed by atoms with Crippen molar-refractivity contribution >= 4 is 17.3 Å². The minimum absolute atomic E-state index is 0.0386. The second-order valence-corrected chi connectivity index (χ2v) is 16.1. The number of nitrogens with zero attached hydrogens (tertiary/aromatic N) is 3. The molecule has 0 spiro atoms. The second-order valence-electron chi connectivity index (χ2n) is 16.1. The number of non-ortho nitro benzene ring substituents is 1. The molecule has 0 bridgehead atoms. The zero-order chi connectivity index (χ0) is 38.6. The van der Waals surface area contributed by atoms with E-state index in [2.05, 4.69) is 12.7 Å². The third-order valence-electron chi connectivity index (χ3n) is 11.1. The highest BCUT2D eigenvalue weighted by atomic mass is 16.7. The maximum atomic E-state index is 13.9. The molecule has 2 aromatic rings. The molecule has 12 nitrogen and oxygen atoms in total. The van der Waals surface area contributed by atoms with Crippen LogP contribution in [-0.4, -0.2) is 76.0 Å². The quantitative estimate of drug-likeness (QED) is 0.0718. The van der Waals surface area contributed by atoms with Crippen LogP contribution in [0.3, 0.4) is 0 Å². The lowest BCUT2D eigenvalue weighted by atomic mass is 9.55. The van der Waals surface area contributed by atoms with Crippen molar-refractivity contribution in [2.75, 3.05) is 26.9 Å². The number of hydrogen-bond donors (Lipinski definition) is 2. The predicted molar refractivity (Wildman–Crippen MR) is 204 cm³/mol. The number of nitro groups is 1. The molecule has 1 aliphatic heterocycles. The summed E-state index contributed by atoms with van der Waals surface area (Å²) in [5.41, 5.74) is 1.97. The third kappa shape index (κ3) is 8.35. The number of rotatable bonds is 17. The van der Waals surface area contributed by atoms with Gasteiger partial charge in [0.2, 0.25) is 11.7 Å². The Morgan fingerprint density at radius 3 is 2.48 bits per heavy atom. The van der Waals surface area contributed by atoms with Crippen molar-refractivity contribution in [3.63, 3.8) is 0 Å². The van der Waals surface area contributed by atoms with Gasteiger partial charge in [0.05, 0.1) is 29.2 Å². The van der Waals surface area contributed by atoms with Crippen LogP contribution in [0.15, 0.2) is 71.9 Å². The number of allylic oxidation sites excluding steroid dienone is 1. The molecule has 0 aromatic heterocycles. The molecule has 6 rings (SSSR count). The van der Waals surface area contributed by atoms with Crippen LogP contribution in [0.4, 0.5) is 5.69 Å². The van der Waals surface area contributed by atoms with E-state index in [-0.39, 0.29) is 55.1 Å². The van der Waals surface area contributed by atoms with Crippen LogP contribution >= 0.6 is 0 Å². The summed E-state index contributed by atoms with van der Waals surface area (Å²) in [6.07, 6.45) is 10.6. The van der Waals surface area contributed by atoms with Gasteiger partial charge in [-0.15, -0.1) is 6.58 Å². The zero-order valence-electron chi connectivity index (χ0n) is 31.9. The Labute approximate surface area is 318 Å². The number of carbonyl (C=O) groups is 1. The van der Waals surface area contributed by atoms with E-state index in [1.54, 1.807) is 29.2 Å². The maximum Gasteiger partial charge on any atom is 0.273 e. The number of oxime groups is 1. The number of fused-ring (bicyclic) bond motifs is 2. The van der Waals surface area contributed by atoms with Crippen LogP contribution in [-0.2, 0) is 14.4 Å². The molecule has 2 aromatic carbocycles. The summed E-state index contributed by atoms with van der Waals surface area (Å²) in [6.45, 7) is 10.2. The summed E-state index contributed by atoms with van der Waals surface area (Å²) in [6, 6.07) is 11.2. The van der Waals surface area contributed by atoms with Crippen molar-refractivity contribution in [3.05, 3.63) is 82.4 Å². The number of likely N-dealkylation sites (N-methyl/N-ethyl adjacent to an activating group) is 1. The topological polar surface area (TPSA) is 153 Å². The zero-order valence-corrected chi connectivity index (χ0v) is 31.9. The number of benzene rings is 2.